The summed E-state index contributed by atoms with van der Waals surface area (Å²) in [5.74, 6) is 0.181. The molecule has 0 saturated heterocycles. The van der Waals surface area contributed by atoms with Gasteiger partial charge in [-0.3, -0.25) is 14.9 Å². The minimum absolute atomic E-state index is 0.133. The van der Waals surface area contributed by atoms with Crippen LogP contribution in [0.1, 0.15) is 10.4 Å². The topological polar surface area (TPSA) is 84.7 Å². The van der Waals surface area contributed by atoms with Crippen LogP contribution in [0.2, 0.25) is 0 Å². The summed E-state index contributed by atoms with van der Waals surface area (Å²) in [5.41, 5.74) is 1.24. The number of non-ortho nitro benzene ring substituents is 1. The van der Waals surface area contributed by atoms with Gasteiger partial charge in [-0.25, -0.2) is 0 Å². The van der Waals surface area contributed by atoms with Gasteiger partial charge in [0.05, 0.1) is 17.6 Å². The van der Waals surface area contributed by atoms with Crippen LogP contribution in [-0.2, 0) is 0 Å². The van der Waals surface area contributed by atoms with Crippen molar-refractivity contribution in [2.24, 2.45) is 0 Å². The molecule has 0 saturated carbocycles. The first-order chi connectivity index (χ1) is 10.9. The Morgan fingerprint density at radius 3 is 2.57 bits per heavy atom. The van der Waals surface area contributed by atoms with Gasteiger partial charge in [0.15, 0.2) is 0 Å². The van der Waals surface area contributed by atoms with E-state index >= 15 is 0 Å². The van der Waals surface area contributed by atoms with Gasteiger partial charge in [0.2, 0.25) is 0 Å². The monoisotopic (exact) mass is 315 g/mol. The number of nitro groups is 1. The van der Waals surface area contributed by atoms with E-state index < -0.39 is 10.8 Å². The highest BCUT2D eigenvalue weighted by atomic mass is 16.6. The Morgan fingerprint density at radius 1 is 1.22 bits per heavy atom. The van der Waals surface area contributed by atoms with Crippen LogP contribution in [-0.4, -0.2) is 32.0 Å². The van der Waals surface area contributed by atoms with Crippen LogP contribution in [0.15, 0.2) is 42.5 Å². The van der Waals surface area contributed by atoms with Crippen LogP contribution < -0.4 is 15.0 Å². The second-order valence-electron chi connectivity index (χ2n) is 5.04. The van der Waals surface area contributed by atoms with E-state index in [0.29, 0.717) is 17.1 Å². The number of hydrogen-bond acceptors (Lipinski definition) is 5. The Balaban J connectivity index is 2.36. The molecular formula is C16H17N3O4. The molecule has 0 heterocycles. The highest BCUT2D eigenvalue weighted by Crippen LogP contribution is 2.26. The molecule has 2 aromatic rings. The molecule has 7 nitrogen and oxygen atoms in total. The molecule has 23 heavy (non-hydrogen) atoms. The number of methoxy groups -OCH3 is 1. The summed E-state index contributed by atoms with van der Waals surface area (Å²) in [6, 6.07) is 11.1. The lowest BCUT2D eigenvalue weighted by atomic mass is 10.1. The molecule has 0 aromatic heterocycles. The minimum Gasteiger partial charge on any atom is -0.497 e. The van der Waals surface area contributed by atoms with E-state index in [1.807, 2.05) is 0 Å². The van der Waals surface area contributed by atoms with Crippen molar-refractivity contribution in [1.82, 2.24) is 0 Å². The first-order valence-electron chi connectivity index (χ1n) is 6.83. The molecule has 2 aromatic carbocycles. The maximum Gasteiger partial charge on any atom is 0.270 e. The van der Waals surface area contributed by atoms with Gasteiger partial charge in [-0.2, -0.15) is 0 Å². The van der Waals surface area contributed by atoms with Crippen molar-refractivity contribution in [3.63, 3.8) is 0 Å². The van der Waals surface area contributed by atoms with Crippen LogP contribution in [0.25, 0.3) is 0 Å². The number of nitrogens with zero attached hydrogens (tertiary/aromatic N) is 2. The van der Waals surface area contributed by atoms with Crippen LogP contribution in [0, 0.1) is 10.1 Å². The van der Waals surface area contributed by atoms with Gasteiger partial charge in [-0.05, 0) is 18.2 Å². The number of amides is 1. The van der Waals surface area contributed by atoms with E-state index in [4.69, 9.17) is 4.74 Å². The van der Waals surface area contributed by atoms with E-state index in [9.17, 15) is 14.9 Å². The average molecular weight is 315 g/mol. The van der Waals surface area contributed by atoms with Crippen LogP contribution in [0.5, 0.6) is 5.75 Å². The molecule has 0 atom stereocenters. The van der Waals surface area contributed by atoms with Crippen LogP contribution in [0.3, 0.4) is 0 Å². The molecule has 120 valence electrons. The van der Waals surface area contributed by atoms with Crippen LogP contribution in [0.4, 0.5) is 17.1 Å². The molecule has 0 fully saturated rings. The Morgan fingerprint density at radius 2 is 1.96 bits per heavy atom. The maximum absolute atomic E-state index is 12.5. The van der Waals surface area contributed by atoms with E-state index in [1.54, 1.807) is 49.3 Å². The zero-order chi connectivity index (χ0) is 17.0. The summed E-state index contributed by atoms with van der Waals surface area (Å²) in [6.45, 7) is 0. The van der Waals surface area contributed by atoms with Crippen molar-refractivity contribution < 1.29 is 14.5 Å². The zero-order valence-electron chi connectivity index (χ0n) is 13.1. The van der Waals surface area contributed by atoms with Crippen molar-refractivity contribution in [3.8, 4) is 5.75 Å². The normalized spacial score (nSPS) is 10.0. The van der Waals surface area contributed by atoms with E-state index in [2.05, 4.69) is 5.32 Å². The van der Waals surface area contributed by atoms with Gasteiger partial charge in [0, 0.05) is 43.7 Å². The van der Waals surface area contributed by atoms with Crippen molar-refractivity contribution in [1.29, 1.82) is 0 Å². The van der Waals surface area contributed by atoms with Gasteiger partial charge in [0.25, 0.3) is 11.6 Å². The molecule has 1 amide bonds. The van der Waals surface area contributed by atoms with E-state index in [-0.39, 0.29) is 11.3 Å². The van der Waals surface area contributed by atoms with Gasteiger partial charge < -0.3 is 15.0 Å². The fraction of sp³-hybridized carbons (Fsp3) is 0.188. The van der Waals surface area contributed by atoms with Crippen LogP contribution >= 0.6 is 0 Å². The number of ether oxygens (including phenoxy) is 1. The van der Waals surface area contributed by atoms with Gasteiger partial charge in [-0.1, -0.05) is 6.07 Å². The number of carbonyl (C=O) groups is 1. The summed E-state index contributed by atoms with van der Waals surface area (Å²) in [6.07, 6.45) is 0. The van der Waals surface area contributed by atoms with Crippen molar-refractivity contribution >= 4 is 23.0 Å². The fourth-order valence-corrected chi connectivity index (χ4v) is 2.11. The van der Waals surface area contributed by atoms with Gasteiger partial charge in [0.1, 0.15) is 5.75 Å². The summed E-state index contributed by atoms with van der Waals surface area (Å²) in [7, 11) is 5.07. The SMILES string of the molecule is COc1cccc(NC(=O)c2cc([N+](=O)[O-])ccc2N(C)C)c1. The summed E-state index contributed by atoms with van der Waals surface area (Å²) in [5, 5.41) is 13.7. The van der Waals surface area contributed by atoms with Crippen molar-refractivity contribution in [2.75, 3.05) is 31.4 Å². The number of nitrogens with one attached hydrogen (secondary N) is 1. The Kier molecular flexibility index (Phi) is 4.80. The first-order valence-corrected chi connectivity index (χ1v) is 6.83. The van der Waals surface area contributed by atoms with Crippen molar-refractivity contribution in [3.05, 3.63) is 58.1 Å². The van der Waals surface area contributed by atoms with Gasteiger partial charge in [-0.15, -0.1) is 0 Å². The zero-order valence-corrected chi connectivity index (χ0v) is 13.1. The lowest BCUT2D eigenvalue weighted by molar-refractivity contribution is -0.384. The predicted octanol–water partition coefficient (Wildman–Crippen LogP) is 2.92. The van der Waals surface area contributed by atoms with E-state index in [0.717, 1.165) is 0 Å². The molecule has 0 aliphatic heterocycles. The molecular weight excluding hydrogens is 298 g/mol. The number of carbonyl (C=O) groups excluding carboxylic acids is 1. The molecule has 0 radical (unpaired) electrons. The summed E-state index contributed by atoms with van der Waals surface area (Å²) in [4.78, 5) is 24.7. The third kappa shape index (κ3) is 3.76. The highest BCUT2D eigenvalue weighted by Gasteiger charge is 2.18. The minimum atomic E-state index is -0.526. The molecule has 2 rings (SSSR count). The molecule has 0 aliphatic carbocycles. The lowest BCUT2D eigenvalue weighted by Gasteiger charge is -2.17. The Hall–Kier alpha value is -3.09. The standard InChI is InChI=1S/C16H17N3O4/c1-18(2)15-8-7-12(19(21)22)10-14(15)16(20)17-11-5-4-6-13(9-11)23-3/h4-10H,1-3H3,(H,17,20). The van der Waals surface area contributed by atoms with E-state index in [1.165, 1.54) is 19.2 Å². The fourth-order valence-electron chi connectivity index (χ4n) is 2.11. The number of rotatable bonds is 5. The summed E-state index contributed by atoms with van der Waals surface area (Å²) >= 11 is 0. The molecule has 0 spiro atoms. The predicted molar refractivity (Wildman–Crippen MR) is 88.4 cm³/mol. The smallest absolute Gasteiger partial charge is 0.270 e. The first kappa shape index (κ1) is 16.3. The quantitative estimate of drug-likeness (QED) is 0.677. The molecule has 0 aliphatic rings. The molecule has 0 bridgehead atoms. The van der Waals surface area contributed by atoms with Crippen molar-refractivity contribution in [2.45, 2.75) is 0 Å². The number of nitro benzene ring substituents is 1. The molecule has 0 unspecified atom stereocenters. The second kappa shape index (κ2) is 6.78. The summed E-state index contributed by atoms with van der Waals surface area (Å²) < 4.78 is 5.11. The number of benzene rings is 2. The third-order valence-electron chi connectivity index (χ3n) is 3.24. The number of hydrogen-bond donors (Lipinski definition) is 1. The highest BCUT2D eigenvalue weighted by molar-refractivity contribution is 6.08. The number of anilines is 2. The maximum atomic E-state index is 12.5. The van der Waals surface area contributed by atoms with Gasteiger partial charge >= 0.3 is 0 Å². The Labute approximate surface area is 133 Å². The lowest BCUT2D eigenvalue weighted by Crippen LogP contribution is -2.18. The molecule has 1 N–H and O–H groups in total. The third-order valence-corrected chi connectivity index (χ3v) is 3.24. The second-order valence-corrected chi connectivity index (χ2v) is 5.04. The average Bonchev–Trinajstić information content (AvgIpc) is 2.54. The largest absolute Gasteiger partial charge is 0.497 e. The molecule has 7 heteroatoms. The Bertz CT molecular complexity index is 744.